The number of carbonyl (C=O) groups is 2. The summed E-state index contributed by atoms with van der Waals surface area (Å²) in [5.41, 5.74) is 1.93. The summed E-state index contributed by atoms with van der Waals surface area (Å²) in [7, 11) is 0. The van der Waals surface area contributed by atoms with E-state index in [0.717, 1.165) is 31.4 Å². The van der Waals surface area contributed by atoms with Crippen LogP contribution in [0.1, 0.15) is 51.3 Å². The fraction of sp³-hybridized carbons (Fsp3) is 0.722. The van der Waals surface area contributed by atoms with E-state index >= 15 is 0 Å². The zero-order chi connectivity index (χ0) is 17.5. The molecule has 1 amide bonds. The van der Waals surface area contributed by atoms with Crippen LogP contribution in [0.2, 0.25) is 0 Å². The number of aromatic nitrogens is 2. The third-order valence-corrected chi connectivity index (χ3v) is 6.05. The zero-order valence-electron chi connectivity index (χ0n) is 14.7. The average molecular weight is 333 g/mol. The summed E-state index contributed by atoms with van der Waals surface area (Å²) >= 11 is 0. The lowest BCUT2D eigenvalue weighted by atomic mass is 9.52. The molecule has 6 nitrogen and oxygen atoms in total. The standard InChI is InChI=1S/C18H27N3O3/c1-11(13-9-14(17(23)24)18(13,2)3)20-16(22)8-12-10-19-21-7-5-4-6-15(12)21/h10-11,13-14H,4-9H2,1-3H3,(H,20,22)(H,23,24)/t11?,13-,14+/m0/s1. The van der Waals surface area contributed by atoms with E-state index in [-0.39, 0.29) is 29.2 Å². The number of nitrogens with zero attached hydrogens (tertiary/aromatic N) is 2. The van der Waals surface area contributed by atoms with Gasteiger partial charge in [0.15, 0.2) is 0 Å². The Morgan fingerprint density at radius 2 is 2.21 bits per heavy atom. The number of rotatable bonds is 5. The van der Waals surface area contributed by atoms with E-state index in [2.05, 4.69) is 10.4 Å². The molecule has 1 saturated carbocycles. The van der Waals surface area contributed by atoms with Crippen LogP contribution in [0, 0.1) is 17.3 Å². The molecule has 2 N–H and O–H groups in total. The van der Waals surface area contributed by atoms with Gasteiger partial charge in [-0.05, 0) is 43.9 Å². The third-order valence-electron chi connectivity index (χ3n) is 6.05. The molecule has 1 unspecified atom stereocenters. The molecule has 24 heavy (non-hydrogen) atoms. The number of amides is 1. The molecule has 0 bridgehead atoms. The van der Waals surface area contributed by atoms with Gasteiger partial charge in [0.1, 0.15) is 0 Å². The summed E-state index contributed by atoms with van der Waals surface area (Å²) in [4.78, 5) is 23.7. The van der Waals surface area contributed by atoms with E-state index < -0.39 is 5.97 Å². The second-order valence-electron chi connectivity index (χ2n) is 7.88. The highest BCUT2D eigenvalue weighted by atomic mass is 16.4. The fourth-order valence-electron chi connectivity index (χ4n) is 4.44. The van der Waals surface area contributed by atoms with E-state index in [0.29, 0.717) is 12.8 Å². The first-order valence-electron chi connectivity index (χ1n) is 8.86. The molecule has 0 spiro atoms. The number of fused-ring (bicyclic) bond motifs is 1. The van der Waals surface area contributed by atoms with Gasteiger partial charge in [-0.25, -0.2) is 0 Å². The quantitative estimate of drug-likeness (QED) is 0.863. The topological polar surface area (TPSA) is 84.2 Å². The van der Waals surface area contributed by atoms with Gasteiger partial charge in [0.2, 0.25) is 5.91 Å². The molecule has 1 aliphatic heterocycles. The molecule has 1 aromatic heterocycles. The number of carbonyl (C=O) groups excluding carboxylic acids is 1. The van der Waals surface area contributed by atoms with Crippen LogP contribution in [0.15, 0.2) is 6.20 Å². The molecule has 3 atom stereocenters. The van der Waals surface area contributed by atoms with Gasteiger partial charge in [-0.3, -0.25) is 14.3 Å². The van der Waals surface area contributed by atoms with E-state index in [1.54, 1.807) is 0 Å². The molecule has 0 aromatic carbocycles. The van der Waals surface area contributed by atoms with E-state index in [1.165, 1.54) is 5.69 Å². The molecule has 1 fully saturated rings. The molecule has 6 heteroatoms. The monoisotopic (exact) mass is 333 g/mol. The highest BCUT2D eigenvalue weighted by Gasteiger charge is 2.53. The summed E-state index contributed by atoms with van der Waals surface area (Å²) < 4.78 is 2.02. The first-order chi connectivity index (χ1) is 11.3. The van der Waals surface area contributed by atoms with Gasteiger partial charge < -0.3 is 10.4 Å². The predicted molar refractivity (Wildman–Crippen MR) is 89.5 cm³/mol. The molecular formula is C18H27N3O3. The van der Waals surface area contributed by atoms with Gasteiger partial charge in [-0.2, -0.15) is 5.10 Å². The molecule has 132 valence electrons. The fourth-order valence-corrected chi connectivity index (χ4v) is 4.44. The van der Waals surface area contributed by atoms with Crippen molar-refractivity contribution >= 4 is 11.9 Å². The molecule has 3 rings (SSSR count). The summed E-state index contributed by atoms with van der Waals surface area (Å²) in [5, 5.41) is 16.7. The highest BCUT2D eigenvalue weighted by molar-refractivity contribution is 5.79. The van der Waals surface area contributed by atoms with Crippen LogP contribution in [0.25, 0.3) is 0 Å². The van der Waals surface area contributed by atoms with Crippen molar-refractivity contribution in [3.05, 3.63) is 17.5 Å². The van der Waals surface area contributed by atoms with Crippen LogP contribution in [-0.4, -0.2) is 32.8 Å². The van der Waals surface area contributed by atoms with Crippen molar-refractivity contribution in [3.8, 4) is 0 Å². The van der Waals surface area contributed by atoms with Crippen LogP contribution in [0.5, 0.6) is 0 Å². The predicted octanol–water partition coefficient (Wildman–Crippen LogP) is 2.01. The SMILES string of the molecule is CC(NC(=O)Cc1cnn2c1CCCC2)[C@@H]1C[C@H](C(=O)O)C1(C)C. The third kappa shape index (κ3) is 2.94. The Balaban J connectivity index is 1.58. The van der Waals surface area contributed by atoms with Crippen molar-refractivity contribution < 1.29 is 14.7 Å². The Hall–Kier alpha value is -1.85. The van der Waals surface area contributed by atoms with Crippen molar-refractivity contribution in [1.29, 1.82) is 0 Å². The first kappa shape index (κ1) is 17.0. The van der Waals surface area contributed by atoms with E-state index in [1.807, 2.05) is 31.6 Å². The van der Waals surface area contributed by atoms with Gasteiger partial charge in [0, 0.05) is 23.8 Å². The summed E-state index contributed by atoms with van der Waals surface area (Å²) in [5.74, 6) is -0.854. The van der Waals surface area contributed by atoms with Gasteiger partial charge in [0.05, 0.1) is 18.5 Å². The maximum Gasteiger partial charge on any atom is 0.307 e. The highest BCUT2D eigenvalue weighted by Crippen LogP contribution is 2.52. The Morgan fingerprint density at radius 1 is 1.46 bits per heavy atom. The maximum absolute atomic E-state index is 12.4. The van der Waals surface area contributed by atoms with E-state index in [4.69, 9.17) is 0 Å². The van der Waals surface area contributed by atoms with Gasteiger partial charge in [-0.15, -0.1) is 0 Å². The van der Waals surface area contributed by atoms with Crippen LogP contribution in [0.3, 0.4) is 0 Å². The maximum atomic E-state index is 12.4. The van der Waals surface area contributed by atoms with Crippen molar-refractivity contribution in [2.75, 3.05) is 0 Å². The Bertz CT molecular complexity index is 650. The van der Waals surface area contributed by atoms with Crippen molar-refractivity contribution in [2.45, 2.75) is 65.5 Å². The molecule has 0 radical (unpaired) electrons. The van der Waals surface area contributed by atoms with Crippen LogP contribution in [-0.2, 0) is 29.0 Å². The lowest BCUT2D eigenvalue weighted by Crippen LogP contribution is -2.57. The second kappa shape index (κ2) is 6.22. The minimum Gasteiger partial charge on any atom is -0.481 e. The number of aryl methyl sites for hydroxylation is 1. The average Bonchev–Trinajstić information content (AvgIpc) is 2.89. The lowest BCUT2D eigenvalue weighted by molar-refractivity contribution is -0.160. The second-order valence-corrected chi connectivity index (χ2v) is 7.88. The van der Waals surface area contributed by atoms with Crippen molar-refractivity contribution in [1.82, 2.24) is 15.1 Å². The smallest absolute Gasteiger partial charge is 0.307 e. The number of carboxylic acids is 1. The minimum absolute atomic E-state index is 0.00144. The minimum atomic E-state index is -0.735. The summed E-state index contributed by atoms with van der Waals surface area (Å²) in [6, 6.07) is -0.0190. The van der Waals surface area contributed by atoms with Crippen LogP contribution in [0.4, 0.5) is 0 Å². The molecule has 0 saturated heterocycles. The number of carboxylic acid groups (broad SMARTS) is 1. The number of nitrogens with one attached hydrogen (secondary N) is 1. The molecule has 1 aliphatic carbocycles. The number of hydrogen-bond donors (Lipinski definition) is 2. The van der Waals surface area contributed by atoms with Crippen LogP contribution < -0.4 is 5.32 Å². The van der Waals surface area contributed by atoms with E-state index in [9.17, 15) is 14.7 Å². The zero-order valence-corrected chi connectivity index (χ0v) is 14.7. The summed E-state index contributed by atoms with van der Waals surface area (Å²) in [6.45, 7) is 6.89. The lowest BCUT2D eigenvalue weighted by Gasteiger charge is -2.52. The molecule has 2 heterocycles. The van der Waals surface area contributed by atoms with Gasteiger partial charge in [-0.1, -0.05) is 13.8 Å². The Labute approximate surface area is 142 Å². The Kier molecular flexibility index (Phi) is 4.40. The normalized spacial score (nSPS) is 26.1. The van der Waals surface area contributed by atoms with Crippen molar-refractivity contribution in [3.63, 3.8) is 0 Å². The van der Waals surface area contributed by atoms with Crippen LogP contribution >= 0.6 is 0 Å². The van der Waals surface area contributed by atoms with Crippen molar-refractivity contribution in [2.24, 2.45) is 17.3 Å². The largest absolute Gasteiger partial charge is 0.481 e. The Morgan fingerprint density at radius 3 is 2.88 bits per heavy atom. The molecular weight excluding hydrogens is 306 g/mol. The number of aliphatic carboxylic acids is 1. The van der Waals surface area contributed by atoms with Gasteiger partial charge >= 0.3 is 5.97 Å². The summed E-state index contributed by atoms with van der Waals surface area (Å²) in [6.07, 6.45) is 6.11. The molecule has 1 aromatic rings. The first-order valence-corrected chi connectivity index (χ1v) is 8.86. The van der Waals surface area contributed by atoms with Gasteiger partial charge in [0.25, 0.3) is 0 Å². The molecule has 2 aliphatic rings. The number of hydrogen-bond acceptors (Lipinski definition) is 3.